The molecule has 3 aromatic rings. The molecule has 0 aliphatic heterocycles. The van der Waals surface area contributed by atoms with Gasteiger partial charge in [-0.1, -0.05) is 12.1 Å². The van der Waals surface area contributed by atoms with Crippen LogP contribution in [0.3, 0.4) is 0 Å². The molecule has 0 spiro atoms. The van der Waals surface area contributed by atoms with E-state index in [-0.39, 0.29) is 6.04 Å². The quantitative estimate of drug-likeness (QED) is 0.748. The molecule has 0 amide bonds. The highest BCUT2D eigenvalue weighted by molar-refractivity contribution is 7.08. The highest BCUT2D eigenvalue weighted by atomic mass is 32.1. The fraction of sp³-hybridized carbons (Fsp3) is 0.200. The average Bonchev–Trinajstić information content (AvgIpc) is 2.97. The predicted molar refractivity (Wildman–Crippen MR) is 76.0 cm³/mol. The maximum Gasteiger partial charge on any atom is 0.134 e. The van der Waals surface area contributed by atoms with Gasteiger partial charge in [0, 0.05) is 10.9 Å². The highest BCUT2D eigenvalue weighted by Crippen LogP contribution is 2.32. The van der Waals surface area contributed by atoms with Crippen molar-refractivity contribution >= 4 is 22.3 Å². The van der Waals surface area contributed by atoms with E-state index in [1.165, 1.54) is 5.56 Å². The Hall–Kier alpha value is -1.58. The maximum atomic E-state index is 6.28. The van der Waals surface area contributed by atoms with Crippen molar-refractivity contribution in [1.29, 1.82) is 0 Å². The Morgan fingerprint density at radius 2 is 2.06 bits per heavy atom. The number of furan rings is 1. The molecule has 0 aliphatic rings. The maximum absolute atomic E-state index is 6.28. The second-order valence-corrected chi connectivity index (χ2v) is 5.41. The Labute approximate surface area is 110 Å². The van der Waals surface area contributed by atoms with Gasteiger partial charge in [-0.25, -0.2) is 0 Å². The molecule has 1 unspecified atom stereocenters. The van der Waals surface area contributed by atoms with Gasteiger partial charge in [0.15, 0.2) is 0 Å². The normalized spacial score (nSPS) is 13.1. The van der Waals surface area contributed by atoms with Crippen LogP contribution in [0.2, 0.25) is 0 Å². The molecule has 18 heavy (non-hydrogen) atoms. The third-order valence-corrected chi connectivity index (χ3v) is 4.02. The third-order valence-electron chi connectivity index (χ3n) is 3.32. The van der Waals surface area contributed by atoms with Gasteiger partial charge in [-0.2, -0.15) is 11.3 Å². The number of benzene rings is 1. The summed E-state index contributed by atoms with van der Waals surface area (Å²) in [6.45, 7) is 4.14. The predicted octanol–water partition coefficient (Wildman–Crippen LogP) is 4.16. The average molecular weight is 257 g/mol. The standard InChI is InChI=1S/C15H15NOS/c1-9-3-4-12-10(2)15(17-13(12)7-9)14(16)11-5-6-18-8-11/h3-8,14H,16H2,1-2H3. The van der Waals surface area contributed by atoms with Gasteiger partial charge >= 0.3 is 0 Å². The number of aryl methyl sites for hydroxylation is 2. The molecule has 3 heteroatoms. The first-order valence-electron chi connectivity index (χ1n) is 5.94. The third kappa shape index (κ3) is 1.76. The van der Waals surface area contributed by atoms with Crippen molar-refractivity contribution in [3.8, 4) is 0 Å². The van der Waals surface area contributed by atoms with E-state index in [1.807, 2.05) is 11.4 Å². The zero-order valence-electron chi connectivity index (χ0n) is 10.4. The Morgan fingerprint density at radius 1 is 1.22 bits per heavy atom. The van der Waals surface area contributed by atoms with Crippen LogP contribution in [0.4, 0.5) is 0 Å². The second-order valence-electron chi connectivity index (χ2n) is 4.63. The molecule has 2 aromatic heterocycles. The molecule has 92 valence electrons. The number of nitrogens with two attached hydrogens (primary N) is 1. The summed E-state index contributed by atoms with van der Waals surface area (Å²) in [5, 5.41) is 5.26. The summed E-state index contributed by atoms with van der Waals surface area (Å²) in [4.78, 5) is 0. The summed E-state index contributed by atoms with van der Waals surface area (Å²) in [5.74, 6) is 0.869. The molecule has 3 rings (SSSR count). The van der Waals surface area contributed by atoms with Gasteiger partial charge in [0.05, 0.1) is 6.04 Å². The van der Waals surface area contributed by atoms with Crippen LogP contribution in [-0.2, 0) is 0 Å². The molecule has 1 aromatic carbocycles. The molecular formula is C15H15NOS. The van der Waals surface area contributed by atoms with Crippen LogP contribution in [0.1, 0.15) is 28.5 Å². The molecular weight excluding hydrogens is 242 g/mol. The Morgan fingerprint density at radius 3 is 2.78 bits per heavy atom. The van der Waals surface area contributed by atoms with Gasteiger partial charge in [-0.05, 0) is 47.9 Å². The number of hydrogen-bond acceptors (Lipinski definition) is 3. The van der Waals surface area contributed by atoms with Crippen LogP contribution in [0.5, 0.6) is 0 Å². The molecule has 1 atom stereocenters. The number of rotatable bonds is 2. The minimum absolute atomic E-state index is 0.177. The largest absolute Gasteiger partial charge is 0.459 e. The van der Waals surface area contributed by atoms with Gasteiger partial charge in [0.1, 0.15) is 11.3 Å². The minimum atomic E-state index is -0.177. The molecule has 2 heterocycles. The van der Waals surface area contributed by atoms with Gasteiger partial charge in [-0.15, -0.1) is 0 Å². The molecule has 0 saturated carbocycles. The summed E-state index contributed by atoms with van der Waals surface area (Å²) in [6.07, 6.45) is 0. The lowest BCUT2D eigenvalue weighted by atomic mass is 10.0. The Bertz CT molecular complexity index is 682. The van der Waals surface area contributed by atoms with Crippen molar-refractivity contribution in [3.63, 3.8) is 0 Å². The van der Waals surface area contributed by atoms with E-state index in [9.17, 15) is 0 Å². The summed E-state index contributed by atoms with van der Waals surface area (Å²) in [5.41, 5.74) is 10.7. The zero-order valence-corrected chi connectivity index (χ0v) is 11.3. The number of hydrogen-bond donors (Lipinski definition) is 1. The summed E-state index contributed by atoms with van der Waals surface area (Å²) >= 11 is 1.66. The molecule has 2 N–H and O–H groups in total. The summed E-state index contributed by atoms with van der Waals surface area (Å²) in [7, 11) is 0. The van der Waals surface area contributed by atoms with Gasteiger partial charge < -0.3 is 10.2 Å². The summed E-state index contributed by atoms with van der Waals surface area (Å²) < 4.78 is 5.94. The lowest BCUT2D eigenvalue weighted by molar-refractivity contribution is 0.521. The van der Waals surface area contributed by atoms with Crippen LogP contribution < -0.4 is 5.73 Å². The van der Waals surface area contributed by atoms with Crippen LogP contribution in [0, 0.1) is 13.8 Å². The van der Waals surface area contributed by atoms with E-state index in [0.29, 0.717) is 0 Å². The SMILES string of the molecule is Cc1ccc2c(C)c(C(N)c3ccsc3)oc2c1. The molecule has 0 radical (unpaired) electrons. The first kappa shape index (κ1) is 11.5. The van der Waals surface area contributed by atoms with Crippen molar-refractivity contribution in [2.75, 3.05) is 0 Å². The topological polar surface area (TPSA) is 39.2 Å². The fourth-order valence-electron chi connectivity index (χ4n) is 2.25. The van der Waals surface area contributed by atoms with Crippen LogP contribution >= 0.6 is 11.3 Å². The first-order chi connectivity index (χ1) is 8.66. The van der Waals surface area contributed by atoms with Gasteiger partial charge in [0.25, 0.3) is 0 Å². The van der Waals surface area contributed by atoms with Crippen LogP contribution in [0.15, 0.2) is 39.4 Å². The van der Waals surface area contributed by atoms with E-state index in [1.54, 1.807) is 11.3 Å². The molecule has 2 nitrogen and oxygen atoms in total. The van der Waals surface area contributed by atoms with Crippen LogP contribution in [-0.4, -0.2) is 0 Å². The van der Waals surface area contributed by atoms with E-state index in [0.717, 1.165) is 27.9 Å². The first-order valence-corrected chi connectivity index (χ1v) is 6.88. The summed E-state index contributed by atoms with van der Waals surface area (Å²) in [6, 6.07) is 8.14. The minimum Gasteiger partial charge on any atom is -0.459 e. The second kappa shape index (κ2) is 4.26. The van der Waals surface area contributed by atoms with E-state index < -0.39 is 0 Å². The molecule has 0 saturated heterocycles. The monoisotopic (exact) mass is 257 g/mol. The fourth-order valence-corrected chi connectivity index (χ4v) is 2.95. The number of fused-ring (bicyclic) bond motifs is 1. The van der Waals surface area contributed by atoms with E-state index in [4.69, 9.17) is 10.2 Å². The van der Waals surface area contributed by atoms with Crippen molar-refractivity contribution in [2.24, 2.45) is 5.73 Å². The molecule has 0 bridgehead atoms. The van der Waals surface area contributed by atoms with E-state index >= 15 is 0 Å². The van der Waals surface area contributed by atoms with Crippen molar-refractivity contribution in [1.82, 2.24) is 0 Å². The van der Waals surface area contributed by atoms with Gasteiger partial charge in [0.2, 0.25) is 0 Å². The van der Waals surface area contributed by atoms with Crippen molar-refractivity contribution < 1.29 is 4.42 Å². The Balaban J connectivity index is 2.15. The van der Waals surface area contributed by atoms with E-state index in [2.05, 4.69) is 37.4 Å². The van der Waals surface area contributed by atoms with Gasteiger partial charge in [-0.3, -0.25) is 0 Å². The Kier molecular flexibility index (Phi) is 2.73. The highest BCUT2D eigenvalue weighted by Gasteiger charge is 2.18. The van der Waals surface area contributed by atoms with Crippen LogP contribution in [0.25, 0.3) is 11.0 Å². The lowest BCUT2D eigenvalue weighted by Crippen LogP contribution is -2.10. The smallest absolute Gasteiger partial charge is 0.134 e. The lowest BCUT2D eigenvalue weighted by Gasteiger charge is -2.07. The van der Waals surface area contributed by atoms with Crippen molar-refractivity contribution in [2.45, 2.75) is 19.9 Å². The zero-order chi connectivity index (χ0) is 12.7. The number of thiophene rings is 1. The molecule has 0 aliphatic carbocycles. The molecule has 0 fully saturated rings. The van der Waals surface area contributed by atoms with Crippen molar-refractivity contribution in [3.05, 3.63) is 57.5 Å².